The number of H-pyrrole nitrogens is 1. The number of nitrogens with zero attached hydrogens (tertiary/aromatic N) is 3. The van der Waals surface area contributed by atoms with E-state index in [4.69, 9.17) is 0 Å². The largest absolute Gasteiger partial charge is 0.337 e. The van der Waals surface area contributed by atoms with Gasteiger partial charge in [-0.3, -0.25) is 10.4 Å². The molecule has 5 aromatic rings. The molecule has 0 bridgehead atoms. The van der Waals surface area contributed by atoms with Crippen molar-refractivity contribution in [3.05, 3.63) is 89.4 Å². The lowest BCUT2D eigenvalue weighted by Gasteiger charge is -2.12. The molecule has 8 nitrogen and oxygen atoms in total. The van der Waals surface area contributed by atoms with Crippen LogP contribution in [0.3, 0.4) is 0 Å². The van der Waals surface area contributed by atoms with Crippen LogP contribution in [0.5, 0.6) is 0 Å². The zero-order valence-corrected chi connectivity index (χ0v) is 18.8. The number of fused-ring (bicyclic) bond motifs is 1. The third kappa shape index (κ3) is 4.68. The maximum absolute atomic E-state index is 12.6. The summed E-state index contributed by atoms with van der Waals surface area (Å²) in [7, 11) is 0. The van der Waals surface area contributed by atoms with Gasteiger partial charge in [-0.1, -0.05) is 58.4 Å². The Morgan fingerprint density at radius 2 is 1.61 bits per heavy atom. The van der Waals surface area contributed by atoms with Crippen LogP contribution in [0.4, 0.5) is 27.8 Å². The Morgan fingerprint density at radius 1 is 0.818 bits per heavy atom. The number of hydrogen-bond acceptors (Lipinski definition) is 5. The molecule has 0 fully saturated rings. The van der Waals surface area contributed by atoms with Gasteiger partial charge in [0.05, 0.1) is 22.6 Å². The van der Waals surface area contributed by atoms with E-state index >= 15 is 0 Å². The van der Waals surface area contributed by atoms with E-state index in [2.05, 4.69) is 52.3 Å². The number of anilines is 4. The molecule has 0 spiro atoms. The van der Waals surface area contributed by atoms with E-state index in [1.807, 2.05) is 72.8 Å². The van der Waals surface area contributed by atoms with Crippen molar-refractivity contribution >= 4 is 55.9 Å². The van der Waals surface area contributed by atoms with Crippen LogP contribution in [-0.2, 0) is 0 Å². The highest BCUT2D eigenvalue weighted by molar-refractivity contribution is 9.10. The highest BCUT2D eigenvalue weighted by atomic mass is 79.9. The second-order valence-electron chi connectivity index (χ2n) is 7.18. The zero-order chi connectivity index (χ0) is 22.6. The fourth-order valence-corrected chi connectivity index (χ4v) is 3.70. The van der Waals surface area contributed by atoms with Crippen molar-refractivity contribution in [2.75, 3.05) is 16.0 Å². The lowest BCUT2D eigenvalue weighted by Crippen LogP contribution is -2.21. The lowest BCUT2D eigenvalue weighted by molar-refractivity contribution is 0.262. The monoisotopic (exact) mass is 499 g/mol. The zero-order valence-electron chi connectivity index (χ0n) is 17.2. The Hall–Kier alpha value is -4.24. The first-order valence-corrected chi connectivity index (χ1v) is 10.9. The Labute approximate surface area is 197 Å². The van der Waals surface area contributed by atoms with Gasteiger partial charge in [-0.05, 0) is 42.5 Å². The van der Waals surface area contributed by atoms with Crippen LogP contribution in [0.25, 0.3) is 22.2 Å². The molecule has 0 aliphatic carbocycles. The van der Waals surface area contributed by atoms with E-state index in [9.17, 15) is 4.79 Å². The molecule has 4 N–H and O–H groups in total. The quantitative estimate of drug-likeness (QED) is 0.231. The predicted octanol–water partition coefficient (Wildman–Crippen LogP) is 6.17. The van der Waals surface area contributed by atoms with Crippen LogP contribution < -0.4 is 16.0 Å². The number of rotatable bonds is 5. The number of carbonyl (C=O) groups excluding carboxylic acids is 1. The molecule has 2 aromatic heterocycles. The standard InChI is InChI=1S/C24H18BrN7O/c25-16-10-11-19-17(14-16)23(32-30-19)26-20-8-4-5-9-21(20)27-24(33)28-22-13-12-18(29-31-22)15-6-2-1-3-7-15/h1-14H,(H2,26,30,32)(H2,27,28,31,33). The first kappa shape index (κ1) is 20.7. The Balaban J connectivity index is 1.30. The SMILES string of the molecule is O=C(Nc1ccc(-c2ccccc2)nn1)Nc1ccccc1Nc1n[nH]c2ccc(Br)cc12. The fourth-order valence-electron chi connectivity index (χ4n) is 3.34. The van der Waals surface area contributed by atoms with Crippen LogP contribution in [-0.4, -0.2) is 26.4 Å². The molecule has 5 rings (SSSR count). The van der Waals surface area contributed by atoms with Gasteiger partial charge in [0.15, 0.2) is 11.6 Å². The van der Waals surface area contributed by atoms with Crippen molar-refractivity contribution in [2.24, 2.45) is 0 Å². The fraction of sp³-hybridized carbons (Fsp3) is 0. The van der Waals surface area contributed by atoms with Crippen LogP contribution in [0, 0.1) is 0 Å². The van der Waals surface area contributed by atoms with Gasteiger partial charge in [0, 0.05) is 15.4 Å². The smallest absolute Gasteiger partial charge is 0.324 e. The van der Waals surface area contributed by atoms with Crippen molar-refractivity contribution in [3.63, 3.8) is 0 Å². The average Bonchev–Trinajstić information content (AvgIpc) is 3.23. The molecule has 2 heterocycles. The molecule has 3 aromatic carbocycles. The van der Waals surface area contributed by atoms with E-state index in [1.165, 1.54) is 0 Å². The number of nitrogens with one attached hydrogen (secondary N) is 4. The van der Waals surface area contributed by atoms with Crippen molar-refractivity contribution in [1.29, 1.82) is 0 Å². The third-order valence-corrected chi connectivity index (χ3v) is 5.42. The van der Waals surface area contributed by atoms with E-state index < -0.39 is 6.03 Å². The average molecular weight is 500 g/mol. The van der Waals surface area contributed by atoms with Crippen molar-refractivity contribution in [3.8, 4) is 11.3 Å². The van der Waals surface area contributed by atoms with Gasteiger partial charge in [0.1, 0.15) is 0 Å². The number of hydrogen-bond donors (Lipinski definition) is 4. The summed E-state index contributed by atoms with van der Waals surface area (Å²) in [5, 5.41) is 25.4. The summed E-state index contributed by atoms with van der Waals surface area (Å²) in [6.07, 6.45) is 0. The summed E-state index contributed by atoms with van der Waals surface area (Å²) < 4.78 is 0.949. The normalized spacial score (nSPS) is 10.7. The van der Waals surface area contributed by atoms with Crippen molar-refractivity contribution in [2.45, 2.75) is 0 Å². The Morgan fingerprint density at radius 3 is 2.39 bits per heavy atom. The van der Waals surface area contributed by atoms with Gasteiger partial charge in [-0.15, -0.1) is 10.2 Å². The minimum atomic E-state index is -0.430. The molecule has 162 valence electrons. The van der Waals surface area contributed by atoms with Gasteiger partial charge in [0.2, 0.25) is 0 Å². The summed E-state index contributed by atoms with van der Waals surface area (Å²) in [5.74, 6) is 1.00. The topological polar surface area (TPSA) is 108 Å². The summed E-state index contributed by atoms with van der Waals surface area (Å²) in [5.41, 5.74) is 3.89. The molecule has 2 amide bonds. The number of para-hydroxylation sites is 2. The first-order chi connectivity index (χ1) is 16.2. The number of urea groups is 1. The Kier molecular flexibility index (Phi) is 5.69. The number of carbonyl (C=O) groups is 1. The number of halogens is 1. The first-order valence-electron chi connectivity index (χ1n) is 10.1. The Bertz CT molecular complexity index is 1420. The molecule has 0 atom stereocenters. The molecule has 0 unspecified atom stereocenters. The van der Waals surface area contributed by atoms with Gasteiger partial charge in [0.25, 0.3) is 0 Å². The van der Waals surface area contributed by atoms with Gasteiger partial charge in [-0.2, -0.15) is 5.10 Å². The summed E-state index contributed by atoms with van der Waals surface area (Å²) in [4.78, 5) is 12.6. The van der Waals surface area contributed by atoms with Crippen LogP contribution in [0.1, 0.15) is 0 Å². The second-order valence-corrected chi connectivity index (χ2v) is 8.10. The molecule has 9 heteroatoms. The van der Waals surface area contributed by atoms with Gasteiger partial charge in [-0.25, -0.2) is 4.79 Å². The second kappa shape index (κ2) is 9.09. The minimum absolute atomic E-state index is 0.348. The van der Waals surface area contributed by atoms with Crippen molar-refractivity contribution < 1.29 is 4.79 Å². The van der Waals surface area contributed by atoms with Gasteiger partial charge < -0.3 is 10.6 Å². The predicted molar refractivity (Wildman–Crippen MR) is 134 cm³/mol. The van der Waals surface area contributed by atoms with E-state index in [-0.39, 0.29) is 0 Å². The summed E-state index contributed by atoms with van der Waals surface area (Å²) >= 11 is 3.49. The molecular weight excluding hydrogens is 482 g/mol. The van der Waals surface area contributed by atoms with Gasteiger partial charge >= 0.3 is 6.03 Å². The highest BCUT2D eigenvalue weighted by Crippen LogP contribution is 2.30. The van der Waals surface area contributed by atoms with E-state index in [0.29, 0.717) is 23.0 Å². The van der Waals surface area contributed by atoms with E-state index in [0.717, 1.165) is 26.6 Å². The van der Waals surface area contributed by atoms with E-state index in [1.54, 1.807) is 12.1 Å². The highest BCUT2D eigenvalue weighted by Gasteiger charge is 2.11. The van der Waals surface area contributed by atoms with Crippen LogP contribution >= 0.6 is 15.9 Å². The molecule has 0 radical (unpaired) electrons. The summed E-state index contributed by atoms with van der Waals surface area (Å²) in [6, 6.07) is 26.1. The molecule has 0 aliphatic heterocycles. The van der Waals surface area contributed by atoms with Crippen molar-refractivity contribution in [1.82, 2.24) is 20.4 Å². The summed E-state index contributed by atoms with van der Waals surface area (Å²) in [6.45, 7) is 0. The molecule has 0 saturated heterocycles. The molecule has 0 aliphatic rings. The number of amides is 2. The lowest BCUT2D eigenvalue weighted by atomic mass is 10.1. The number of aromatic amines is 1. The minimum Gasteiger partial charge on any atom is -0.337 e. The molecular formula is C24H18BrN7O. The number of aromatic nitrogens is 4. The molecule has 33 heavy (non-hydrogen) atoms. The maximum Gasteiger partial charge on any atom is 0.324 e. The molecule has 0 saturated carbocycles. The maximum atomic E-state index is 12.6. The van der Waals surface area contributed by atoms with Crippen LogP contribution in [0.2, 0.25) is 0 Å². The third-order valence-electron chi connectivity index (χ3n) is 4.93. The van der Waals surface area contributed by atoms with Crippen LogP contribution in [0.15, 0.2) is 89.4 Å². The number of benzene rings is 3.